The predicted octanol–water partition coefficient (Wildman–Crippen LogP) is 1.28. The number of hydrogen-bond donors (Lipinski definition) is 0. The minimum atomic E-state index is 0.852. The maximum atomic E-state index is 4.23. The van der Waals surface area contributed by atoms with Crippen molar-refractivity contribution in [3.05, 3.63) is 36.9 Å². The molecule has 62 valence electrons. The lowest BCUT2D eigenvalue weighted by Crippen LogP contribution is -1.88. The fourth-order valence-corrected chi connectivity index (χ4v) is 1.43. The minimum Gasteiger partial charge on any atom is -0.256 e. The van der Waals surface area contributed by atoms with Crippen molar-refractivity contribution in [2.24, 2.45) is 0 Å². The summed E-state index contributed by atoms with van der Waals surface area (Å²) < 4.78 is 1.74. The van der Waals surface area contributed by atoms with Crippen molar-refractivity contribution in [1.29, 1.82) is 0 Å². The molecule has 3 aromatic rings. The summed E-state index contributed by atoms with van der Waals surface area (Å²) in [5, 5.41) is 5.08. The van der Waals surface area contributed by atoms with Crippen LogP contribution in [0.5, 0.6) is 0 Å². The quantitative estimate of drug-likeness (QED) is 0.510. The minimum absolute atomic E-state index is 0.852. The van der Waals surface area contributed by atoms with Gasteiger partial charge in [-0.1, -0.05) is 0 Å². The van der Waals surface area contributed by atoms with Crippen LogP contribution in [0, 0.1) is 0 Å². The largest absolute Gasteiger partial charge is 0.256 e. The van der Waals surface area contributed by atoms with Gasteiger partial charge < -0.3 is 0 Å². The number of pyridine rings is 2. The molecule has 0 atom stereocenters. The first-order chi connectivity index (χ1) is 6.45. The molecule has 0 unspecified atom stereocenters. The van der Waals surface area contributed by atoms with Gasteiger partial charge in [0.2, 0.25) is 0 Å². The third kappa shape index (κ3) is 0.823. The van der Waals surface area contributed by atoms with Gasteiger partial charge in [-0.3, -0.25) is 4.98 Å². The summed E-state index contributed by atoms with van der Waals surface area (Å²) in [7, 11) is 0. The molecule has 0 saturated carbocycles. The van der Waals surface area contributed by atoms with Crippen molar-refractivity contribution in [1.82, 2.24) is 19.6 Å². The average molecular weight is 170 g/mol. The van der Waals surface area contributed by atoms with Crippen molar-refractivity contribution >= 4 is 16.6 Å². The predicted molar refractivity (Wildman–Crippen MR) is 48.3 cm³/mol. The molecule has 0 spiro atoms. The number of fused-ring (bicyclic) bond motifs is 3. The first-order valence-electron chi connectivity index (χ1n) is 3.98. The van der Waals surface area contributed by atoms with E-state index in [2.05, 4.69) is 15.1 Å². The maximum Gasteiger partial charge on any atom is 0.164 e. The Morgan fingerprint density at radius 1 is 1.15 bits per heavy atom. The highest BCUT2D eigenvalue weighted by Gasteiger charge is 2.00. The van der Waals surface area contributed by atoms with Gasteiger partial charge in [-0.05, 0) is 18.2 Å². The average Bonchev–Trinajstić information content (AvgIpc) is 2.65. The summed E-state index contributed by atoms with van der Waals surface area (Å²) in [5.41, 5.74) is 1.80. The van der Waals surface area contributed by atoms with Crippen LogP contribution in [0.2, 0.25) is 0 Å². The summed E-state index contributed by atoms with van der Waals surface area (Å²) in [6.07, 6.45) is 5.18. The molecule has 0 N–H and O–H groups in total. The van der Waals surface area contributed by atoms with Crippen molar-refractivity contribution in [3.8, 4) is 0 Å². The smallest absolute Gasteiger partial charge is 0.164 e. The Morgan fingerprint density at radius 3 is 3.15 bits per heavy atom. The van der Waals surface area contributed by atoms with Gasteiger partial charge in [-0.25, -0.2) is 9.50 Å². The van der Waals surface area contributed by atoms with Gasteiger partial charge in [0.15, 0.2) is 5.65 Å². The molecule has 13 heavy (non-hydrogen) atoms. The van der Waals surface area contributed by atoms with E-state index in [0.29, 0.717) is 0 Å². The number of rotatable bonds is 0. The van der Waals surface area contributed by atoms with Crippen LogP contribution in [0.3, 0.4) is 0 Å². The summed E-state index contributed by atoms with van der Waals surface area (Å²) in [6.45, 7) is 0. The lowest BCUT2D eigenvalue weighted by Gasteiger charge is -1.96. The Balaban J connectivity index is 2.65. The van der Waals surface area contributed by atoms with E-state index in [4.69, 9.17) is 0 Å². The summed E-state index contributed by atoms with van der Waals surface area (Å²) >= 11 is 0. The molecule has 4 nitrogen and oxygen atoms in total. The van der Waals surface area contributed by atoms with Crippen LogP contribution in [0.15, 0.2) is 36.9 Å². The van der Waals surface area contributed by atoms with E-state index >= 15 is 0 Å². The Kier molecular flexibility index (Phi) is 1.14. The topological polar surface area (TPSA) is 43.1 Å². The molecule has 0 saturated heterocycles. The molecule has 0 fully saturated rings. The van der Waals surface area contributed by atoms with Gasteiger partial charge >= 0.3 is 0 Å². The van der Waals surface area contributed by atoms with E-state index in [1.54, 1.807) is 17.0 Å². The molecule has 0 amide bonds. The molecule has 3 heterocycles. The highest BCUT2D eigenvalue weighted by molar-refractivity contribution is 5.90. The highest BCUT2D eigenvalue weighted by Crippen LogP contribution is 2.14. The zero-order valence-corrected chi connectivity index (χ0v) is 6.75. The highest BCUT2D eigenvalue weighted by atomic mass is 15.3. The second-order valence-electron chi connectivity index (χ2n) is 2.78. The zero-order valence-electron chi connectivity index (χ0n) is 6.75. The molecule has 0 aliphatic rings. The SMILES string of the molecule is c1cnc2ccn3ncnc3c2c1. The molecule has 0 bridgehead atoms. The van der Waals surface area contributed by atoms with Crippen LogP contribution in [0.25, 0.3) is 16.6 Å². The molecule has 0 radical (unpaired) electrons. The number of hydrogen-bond acceptors (Lipinski definition) is 3. The Morgan fingerprint density at radius 2 is 2.15 bits per heavy atom. The summed E-state index contributed by atoms with van der Waals surface area (Å²) in [4.78, 5) is 8.39. The number of aromatic nitrogens is 4. The maximum absolute atomic E-state index is 4.23. The standard InChI is InChI=1S/C9H6N4/c1-2-7-8(10-4-1)3-5-13-9(7)11-6-12-13/h1-6H. The molecular formula is C9H6N4. The second kappa shape index (κ2) is 2.26. The molecule has 0 aliphatic carbocycles. The molecule has 3 rings (SSSR count). The van der Waals surface area contributed by atoms with E-state index in [1.165, 1.54) is 0 Å². The molecule has 4 heteroatoms. The van der Waals surface area contributed by atoms with Crippen molar-refractivity contribution < 1.29 is 0 Å². The molecule has 0 aliphatic heterocycles. The second-order valence-corrected chi connectivity index (χ2v) is 2.78. The van der Waals surface area contributed by atoms with E-state index in [0.717, 1.165) is 16.6 Å². The van der Waals surface area contributed by atoms with Gasteiger partial charge in [0.05, 0.1) is 5.52 Å². The van der Waals surface area contributed by atoms with Crippen molar-refractivity contribution in [2.75, 3.05) is 0 Å². The van der Waals surface area contributed by atoms with E-state index in [9.17, 15) is 0 Å². The van der Waals surface area contributed by atoms with E-state index in [1.807, 2.05) is 24.4 Å². The van der Waals surface area contributed by atoms with Gasteiger partial charge in [0.1, 0.15) is 6.33 Å². The van der Waals surface area contributed by atoms with Gasteiger partial charge in [0.25, 0.3) is 0 Å². The molecule has 0 aromatic carbocycles. The fourth-order valence-electron chi connectivity index (χ4n) is 1.43. The summed E-state index contributed by atoms with van der Waals surface area (Å²) in [5.74, 6) is 0. The third-order valence-corrected chi connectivity index (χ3v) is 2.03. The van der Waals surface area contributed by atoms with Crippen molar-refractivity contribution in [3.63, 3.8) is 0 Å². The first kappa shape index (κ1) is 6.54. The zero-order chi connectivity index (χ0) is 8.67. The van der Waals surface area contributed by atoms with Gasteiger partial charge in [0, 0.05) is 17.8 Å². The lowest BCUT2D eigenvalue weighted by atomic mass is 10.2. The Hall–Kier alpha value is -1.97. The summed E-state index contributed by atoms with van der Waals surface area (Å²) in [6, 6.07) is 5.82. The molecule has 3 aromatic heterocycles. The number of nitrogens with zero attached hydrogens (tertiary/aromatic N) is 4. The van der Waals surface area contributed by atoms with Crippen LogP contribution in [0.4, 0.5) is 0 Å². The normalized spacial score (nSPS) is 11.1. The Bertz CT molecular complexity index is 570. The third-order valence-electron chi connectivity index (χ3n) is 2.03. The lowest BCUT2D eigenvalue weighted by molar-refractivity contribution is 0.965. The van der Waals surface area contributed by atoms with Crippen LogP contribution in [-0.2, 0) is 0 Å². The van der Waals surface area contributed by atoms with Gasteiger partial charge in [-0.15, -0.1) is 0 Å². The van der Waals surface area contributed by atoms with Gasteiger partial charge in [-0.2, -0.15) is 5.10 Å². The first-order valence-corrected chi connectivity index (χ1v) is 3.98. The van der Waals surface area contributed by atoms with Crippen LogP contribution in [-0.4, -0.2) is 19.6 Å². The van der Waals surface area contributed by atoms with Crippen LogP contribution < -0.4 is 0 Å². The molecular weight excluding hydrogens is 164 g/mol. The van der Waals surface area contributed by atoms with Crippen LogP contribution >= 0.6 is 0 Å². The van der Waals surface area contributed by atoms with Crippen LogP contribution in [0.1, 0.15) is 0 Å². The Labute approximate surface area is 73.9 Å². The van der Waals surface area contributed by atoms with Crippen molar-refractivity contribution in [2.45, 2.75) is 0 Å². The fraction of sp³-hybridized carbons (Fsp3) is 0. The van der Waals surface area contributed by atoms with E-state index in [-0.39, 0.29) is 0 Å². The monoisotopic (exact) mass is 170 g/mol. The van der Waals surface area contributed by atoms with E-state index < -0.39 is 0 Å².